The molecule has 0 spiro atoms. The molecule has 1 N–H and O–H groups in total. The van der Waals surface area contributed by atoms with E-state index in [1.165, 1.54) is 0 Å². The summed E-state index contributed by atoms with van der Waals surface area (Å²) in [6.07, 6.45) is 0. The molecule has 98 valence electrons. The second-order valence-corrected chi connectivity index (χ2v) is 4.63. The summed E-state index contributed by atoms with van der Waals surface area (Å²) in [6.45, 7) is 5.05. The molecule has 0 radical (unpaired) electrons. The van der Waals surface area contributed by atoms with Gasteiger partial charge in [-0.05, 0) is 43.7 Å². The molecule has 1 aliphatic rings. The molecule has 0 saturated heterocycles. The first kappa shape index (κ1) is 11.8. The van der Waals surface area contributed by atoms with Crippen molar-refractivity contribution in [1.29, 1.82) is 0 Å². The van der Waals surface area contributed by atoms with Crippen molar-refractivity contribution >= 4 is 5.69 Å². The Labute approximate surface area is 112 Å². The number of ether oxygens (including phenoxy) is 2. The summed E-state index contributed by atoms with van der Waals surface area (Å²) in [6, 6.07) is 10.1. The molecule has 0 saturated carbocycles. The molecular formula is C15H16N2O2. The Morgan fingerprint density at radius 2 is 1.95 bits per heavy atom. The maximum atomic E-state index is 5.37. The van der Waals surface area contributed by atoms with Gasteiger partial charge in [0.25, 0.3) is 0 Å². The van der Waals surface area contributed by atoms with E-state index in [-0.39, 0.29) is 0 Å². The molecule has 0 aliphatic carbocycles. The van der Waals surface area contributed by atoms with Crippen LogP contribution < -0.4 is 14.8 Å². The number of nitrogens with zero attached hydrogens (tertiary/aromatic N) is 1. The number of rotatable bonds is 3. The number of benzene rings is 1. The third-order valence-corrected chi connectivity index (χ3v) is 3.14. The molecule has 3 rings (SSSR count). The first-order chi connectivity index (χ1) is 9.22. The average Bonchev–Trinajstić information content (AvgIpc) is 2.85. The van der Waals surface area contributed by atoms with Crippen molar-refractivity contribution in [3.8, 4) is 11.5 Å². The quantitative estimate of drug-likeness (QED) is 0.916. The van der Waals surface area contributed by atoms with Gasteiger partial charge in [-0.15, -0.1) is 0 Å². The van der Waals surface area contributed by atoms with Crippen LogP contribution in [0.5, 0.6) is 11.5 Å². The molecule has 1 aromatic heterocycles. The van der Waals surface area contributed by atoms with Crippen LogP contribution >= 0.6 is 0 Å². The van der Waals surface area contributed by atoms with E-state index < -0.39 is 0 Å². The van der Waals surface area contributed by atoms with Gasteiger partial charge in [0.1, 0.15) is 0 Å². The van der Waals surface area contributed by atoms with Crippen molar-refractivity contribution in [2.45, 2.75) is 20.4 Å². The highest BCUT2D eigenvalue weighted by atomic mass is 16.7. The molecule has 1 aromatic carbocycles. The van der Waals surface area contributed by atoms with Gasteiger partial charge < -0.3 is 14.8 Å². The molecule has 4 heteroatoms. The van der Waals surface area contributed by atoms with Crippen molar-refractivity contribution < 1.29 is 9.47 Å². The van der Waals surface area contributed by atoms with Crippen molar-refractivity contribution in [3.63, 3.8) is 0 Å². The number of hydrogen-bond donors (Lipinski definition) is 1. The molecule has 19 heavy (non-hydrogen) atoms. The fourth-order valence-corrected chi connectivity index (χ4v) is 2.12. The zero-order valence-electron chi connectivity index (χ0n) is 11.1. The van der Waals surface area contributed by atoms with Crippen LogP contribution in [0, 0.1) is 13.8 Å². The lowest BCUT2D eigenvalue weighted by molar-refractivity contribution is 0.174. The van der Waals surface area contributed by atoms with Gasteiger partial charge in [0.2, 0.25) is 6.79 Å². The number of anilines is 1. The molecule has 0 amide bonds. The summed E-state index contributed by atoms with van der Waals surface area (Å²) in [7, 11) is 0. The second-order valence-electron chi connectivity index (χ2n) is 4.63. The van der Waals surface area contributed by atoms with E-state index in [1.807, 2.05) is 38.1 Å². The molecule has 1 aliphatic heterocycles. The smallest absolute Gasteiger partial charge is 0.231 e. The highest BCUT2D eigenvalue weighted by Crippen LogP contribution is 2.32. The second kappa shape index (κ2) is 4.80. The molecular weight excluding hydrogens is 240 g/mol. The molecule has 2 aromatic rings. The van der Waals surface area contributed by atoms with Crippen molar-refractivity contribution in [2.24, 2.45) is 0 Å². The monoisotopic (exact) mass is 256 g/mol. The molecule has 2 heterocycles. The Bertz CT molecular complexity index is 611. The minimum absolute atomic E-state index is 0.313. The minimum atomic E-state index is 0.313. The van der Waals surface area contributed by atoms with Crippen LogP contribution in [0.15, 0.2) is 30.3 Å². The Kier molecular flexibility index (Phi) is 2.99. The van der Waals surface area contributed by atoms with Gasteiger partial charge in [-0.25, -0.2) is 0 Å². The molecule has 0 fully saturated rings. The Balaban J connectivity index is 1.72. The van der Waals surface area contributed by atoms with E-state index in [4.69, 9.17) is 9.47 Å². The standard InChI is InChI=1S/C15H16N2O2/c1-10-3-5-13(11(2)17-10)16-8-12-4-6-14-15(7-12)19-9-18-14/h3-7,16H,8-9H2,1-2H3. The summed E-state index contributed by atoms with van der Waals surface area (Å²) >= 11 is 0. The predicted molar refractivity (Wildman–Crippen MR) is 73.6 cm³/mol. The van der Waals surface area contributed by atoms with Gasteiger partial charge in [0.15, 0.2) is 11.5 Å². The highest BCUT2D eigenvalue weighted by Gasteiger charge is 2.13. The predicted octanol–water partition coefficient (Wildman–Crippen LogP) is 3.04. The van der Waals surface area contributed by atoms with Gasteiger partial charge in [0.05, 0.1) is 11.4 Å². The van der Waals surface area contributed by atoms with E-state index in [0.717, 1.165) is 40.7 Å². The average molecular weight is 256 g/mol. The van der Waals surface area contributed by atoms with Gasteiger partial charge in [0, 0.05) is 12.2 Å². The molecule has 4 nitrogen and oxygen atoms in total. The van der Waals surface area contributed by atoms with Crippen molar-refractivity contribution in [3.05, 3.63) is 47.3 Å². The lowest BCUT2D eigenvalue weighted by Gasteiger charge is -2.10. The summed E-state index contributed by atoms with van der Waals surface area (Å²) in [5.41, 5.74) is 4.26. The van der Waals surface area contributed by atoms with Gasteiger partial charge in [-0.1, -0.05) is 6.07 Å². The maximum absolute atomic E-state index is 5.37. The van der Waals surface area contributed by atoms with Crippen LogP contribution in [0.3, 0.4) is 0 Å². The third-order valence-electron chi connectivity index (χ3n) is 3.14. The van der Waals surface area contributed by atoms with Gasteiger partial charge >= 0.3 is 0 Å². The molecule has 0 bridgehead atoms. The first-order valence-electron chi connectivity index (χ1n) is 6.29. The zero-order chi connectivity index (χ0) is 13.2. The number of hydrogen-bond acceptors (Lipinski definition) is 4. The largest absolute Gasteiger partial charge is 0.454 e. The summed E-state index contributed by atoms with van der Waals surface area (Å²) in [4.78, 5) is 4.44. The van der Waals surface area contributed by atoms with Crippen molar-refractivity contribution in [1.82, 2.24) is 4.98 Å². The van der Waals surface area contributed by atoms with Crippen LogP contribution in [0.2, 0.25) is 0 Å². The third kappa shape index (κ3) is 2.47. The number of pyridine rings is 1. The van der Waals surface area contributed by atoms with Crippen LogP contribution in [-0.2, 0) is 6.54 Å². The normalized spacial score (nSPS) is 12.5. The summed E-state index contributed by atoms with van der Waals surface area (Å²) < 4.78 is 10.7. The van der Waals surface area contributed by atoms with Crippen LogP contribution in [0.4, 0.5) is 5.69 Å². The minimum Gasteiger partial charge on any atom is -0.454 e. The number of aromatic nitrogens is 1. The summed E-state index contributed by atoms with van der Waals surface area (Å²) in [5.74, 6) is 1.63. The van der Waals surface area contributed by atoms with E-state index in [9.17, 15) is 0 Å². The van der Waals surface area contributed by atoms with Crippen molar-refractivity contribution in [2.75, 3.05) is 12.1 Å². The SMILES string of the molecule is Cc1ccc(NCc2ccc3c(c2)OCO3)c(C)n1. The van der Waals surface area contributed by atoms with E-state index in [0.29, 0.717) is 6.79 Å². The maximum Gasteiger partial charge on any atom is 0.231 e. The van der Waals surface area contributed by atoms with Crippen LogP contribution in [0.25, 0.3) is 0 Å². The fraction of sp³-hybridized carbons (Fsp3) is 0.267. The number of nitrogens with one attached hydrogen (secondary N) is 1. The number of fused-ring (bicyclic) bond motifs is 1. The zero-order valence-corrected chi connectivity index (χ0v) is 11.1. The van der Waals surface area contributed by atoms with E-state index in [2.05, 4.69) is 16.4 Å². The molecule has 0 atom stereocenters. The van der Waals surface area contributed by atoms with Crippen LogP contribution in [-0.4, -0.2) is 11.8 Å². The topological polar surface area (TPSA) is 43.4 Å². The molecule has 0 unspecified atom stereocenters. The van der Waals surface area contributed by atoms with E-state index in [1.54, 1.807) is 0 Å². The highest BCUT2D eigenvalue weighted by molar-refractivity contribution is 5.50. The van der Waals surface area contributed by atoms with Gasteiger partial charge in [-0.3, -0.25) is 4.98 Å². The summed E-state index contributed by atoms with van der Waals surface area (Å²) in [5, 5.41) is 3.39. The lowest BCUT2D eigenvalue weighted by Crippen LogP contribution is -2.02. The first-order valence-corrected chi connectivity index (χ1v) is 6.29. The van der Waals surface area contributed by atoms with Gasteiger partial charge in [-0.2, -0.15) is 0 Å². The fourth-order valence-electron chi connectivity index (χ4n) is 2.12. The Morgan fingerprint density at radius 1 is 1.11 bits per heavy atom. The van der Waals surface area contributed by atoms with Crippen LogP contribution in [0.1, 0.15) is 17.0 Å². The lowest BCUT2D eigenvalue weighted by atomic mass is 10.2. The number of aryl methyl sites for hydroxylation is 2. The van der Waals surface area contributed by atoms with E-state index >= 15 is 0 Å². The Morgan fingerprint density at radius 3 is 2.79 bits per heavy atom. The Hall–Kier alpha value is -2.23.